The molecule has 1 aromatic heterocycles. The Hall–Kier alpha value is -0.980. The van der Waals surface area contributed by atoms with E-state index >= 15 is 0 Å². The summed E-state index contributed by atoms with van der Waals surface area (Å²) < 4.78 is 0. The van der Waals surface area contributed by atoms with Gasteiger partial charge in [0.2, 0.25) is 0 Å². The highest BCUT2D eigenvalue weighted by molar-refractivity contribution is 7.13. The average Bonchev–Trinajstić information content (AvgIpc) is 2.52. The zero-order valence-electron chi connectivity index (χ0n) is 6.84. The van der Waals surface area contributed by atoms with Crippen LogP contribution in [-0.4, -0.2) is 16.6 Å². The van der Waals surface area contributed by atoms with Gasteiger partial charge in [-0.3, -0.25) is 10.1 Å². The fraction of sp³-hybridized carbons (Fsp3) is 0.429. The highest BCUT2D eigenvalue weighted by atomic mass is 32.1. The lowest BCUT2D eigenvalue weighted by molar-refractivity contribution is -0.380. The van der Waals surface area contributed by atoms with Crippen LogP contribution in [-0.2, 0) is 0 Å². The van der Waals surface area contributed by atoms with Gasteiger partial charge >= 0.3 is 5.00 Å². The molecule has 0 aliphatic carbocycles. The third kappa shape index (κ3) is 2.48. The van der Waals surface area contributed by atoms with Crippen LogP contribution in [0.4, 0.5) is 5.00 Å². The predicted molar refractivity (Wildman–Crippen MR) is 49.6 cm³/mol. The summed E-state index contributed by atoms with van der Waals surface area (Å²) in [7, 11) is 0. The minimum Gasteiger partial charge on any atom is -0.396 e. The number of hydrogen-bond acceptors (Lipinski definition) is 5. The Kier molecular flexibility index (Phi) is 3.35. The van der Waals surface area contributed by atoms with Crippen molar-refractivity contribution >= 4 is 16.3 Å². The third-order valence-corrected chi connectivity index (χ3v) is 2.55. The third-order valence-electron chi connectivity index (χ3n) is 1.65. The molecule has 5 nitrogen and oxygen atoms in total. The molecule has 0 bridgehead atoms. The first-order valence-electron chi connectivity index (χ1n) is 3.74. The molecule has 1 heterocycles. The number of nitrogens with zero attached hydrogens (tertiary/aromatic N) is 1. The summed E-state index contributed by atoms with van der Waals surface area (Å²) in [5.41, 5.74) is 6.36. The normalized spacial score (nSPS) is 12.8. The maximum Gasteiger partial charge on any atom is 0.324 e. The Morgan fingerprint density at radius 3 is 2.92 bits per heavy atom. The van der Waals surface area contributed by atoms with Crippen LogP contribution in [0.5, 0.6) is 0 Å². The molecule has 0 fully saturated rings. The van der Waals surface area contributed by atoms with Gasteiger partial charge in [0.25, 0.3) is 0 Å². The topological polar surface area (TPSA) is 89.4 Å². The van der Waals surface area contributed by atoms with Crippen LogP contribution in [0, 0.1) is 10.1 Å². The van der Waals surface area contributed by atoms with Gasteiger partial charge in [0, 0.05) is 24.1 Å². The van der Waals surface area contributed by atoms with E-state index in [1.54, 1.807) is 5.38 Å². The minimum absolute atomic E-state index is 0.00912. The van der Waals surface area contributed by atoms with Crippen molar-refractivity contribution in [3.63, 3.8) is 0 Å². The number of nitrogens with two attached hydrogens (primary N) is 1. The van der Waals surface area contributed by atoms with Crippen LogP contribution in [0.25, 0.3) is 0 Å². The highest BCUT2D eigenvalue weighted by Crippen LogP contribution is 2.26. The van der Waals surface area contributed by atoms with Crippen molar-refractivity contribution < 1.29 is 10.0 Å². The number of aliphatic hydroxyl groups is 1. The Morgan fingerprint density at radius 2 is 2.46 bits per heavy atom. The van der Waals surface area contributed by atoms with Gasteiger partial charge in [-0.2, -0.15) is 0 Å². The maximum atomic E-state index is 10.3. The maximum absolute atomic E-state index is 10.3. The first-order valence-corrected chi connectivity index (χ1v) is 4.62. The molecule has 0 radical (unpaired) electrons. The first-order chi connectivity index (χ1) is 6.15. The molecule has 13 heavy (non-hydrogen) atoms. The Bertz CT molecular complexity index is 300. The van der Waals surface area contributed by atoms with Crippen molar-refractivity contribution in [1.29, 1.82) is 0 Å². The van der Waals surface area contributed by atoms with Crippen molar-refractivity contribution in [2.24, 2.45) is 5.73 Å². The van der Waals surface area contributed by atoms with E-state index in [0.717, 1.165) is 11.3 Å². The molecule has 1 aromatic rings. The van der Waals surface area contributed by atoms with Crippen molar-refractivity contribution in [3.8, 4) is 0 Å². The van der Waals surface area contributed by atoms with Gasteiger partial charge in [-0.05, 0) is 12.0 Å². The van der Waals surface area contributed by atoms with Crippen LogP contribution in [0.1, 0.15) is 18.0 Å². The molecule has 6 heteroatoms. The largest absolute Gasteiger partial charge is 0.396 e. The molecule has 0 saturated carbocycles. The summed E-state index contributed by atoms with van der Waals surface area (Å²) >= 11 is 1.05. The molecule has 1 atom stereocenters. The first kappa shape index (κ1) is 10.1. The number of aliphatic hydroxyl groups excluding tert-OH is 1. The van der Waals surface area contributed by atoms with Crippen LogP contribution in [0.3, 0.4) is 0 Å². The van der Waals surface area contributed by atoms with E-state index in [4.69, 9.17) is 10.8 Å². The highest BCUT2D eigenvalue weighted by Gasteiger charge is 2.13. The molecule has 0 unspecified atom stereocenters. The van der Waals surface area contributed by atoms with E-state index in [2.05, 4.69) is 0 Å². The van der Waals surface area contributed by atoms with Gasteiger partial charge in [-0.15, -0.1) is 0 Å². The molecule has 3 N–H and O–H groups in total. The molecule has 72 valence electrons. The second-order valence-corrected chi connectivity index (χ2v) is 3.48. The van der Waals surface area contributed by atoms with Gasteiger partial charge in [-0.25, -0.2) is 0 Å². The SMILES string of the molecule is N[C@H](CCO)c1csc([N+](=O)[O-])c1. The smallest absolute Gasteiger partial charge is 0.324 e. The standard InChI is InChI=1S/C7H10N2O3S/c8-6(1-2-10)5-3-7(9(11)12)13-4-5/h3-4,6,10H,1-2,8H2/t6-/m1/s1. The molecule has 0 amide bonds. The van der Waals surface area contributed by atoms with E-state index < -0.39 is 4.92 Å². The van der Waals surface area contributed by atoms with Crippen LogP contribution in [0.15, 0.2) is 11.4 Å². The molecule has 0 saturated heterocycles. The monoisotopic (exact) mass is 202 g/mol. The lowest BCUT2D eigenvalue weighted by atomic mass is 10.1. The zero-order chi connectivity index (χ0) is 9.84. The minimum atomic E-state index is -0.445. The zero-order valence-corrected chi connectivity index (χ0v) is 7.66. The van der Waals surface area contributed by atoms with Crippen LogP contribution >= 0.6 is 11.3 Å². The van der Waals surface area contributed by atoms with Gasteiger partial charge in [0.1, 0.15) is 0 Å². The second-order valence-electron chi connectivity index (χ2n) is 2.59. The number of rotatable bonds is 4. The number of nitro groups is 1. The van der Waals surface area contributed by atoms with E-state index in [0.29, 0.717) is 12.0 Å². The Labute approximate surface area is 79.0 Å². The van der Waals surface area contributed by atoms with E-state index in [1.807, 2.05) is 0 Å². The van der Waals surface area contributed by atoms with Gasteiger partial charge < -0.3 is 10.8 Å². The molecule has 0 spiro atoms. The van der Waals surface area contributed by atoms with E-state index in [1.165, 1.54) is 6.07 Å². The molecule has 0 aliphatic heterocycles. The van der Waals surface area contributed by atoms with E-state index in [9.17, 15) is 10.1 Å². The number of thiophene rings is 1. The van der Waals surface area contributed by atoms with E-state index in [-0.39, 0.29) is 17.6 Å². The molecule has 1 rings (SSSR count). The predicted octanol–water partition coefficient (Wildman–Crippen LogP) is 1.04. The van der Waals surface area contributed by atoms with Crippen molar-refractivity contribution in [2.45, 2.75) is 12.5 Å². The quantitative estimate of drug-likeness (QED) is 0.563. The summed E-state index contributed by atoms with van der Waals surface area (Å²) in [5, 5.41) is 20.7. The Morgan fingerprint density at radius 1 is 1.77 bits per heavy atom. The lowest BCUT2D eigenvalue weighted by Crippen LogP contribution is -2.10. The number of hydrogen-bond donors (Lipinski definition) is 2. The van der Waals surface area contributed by atoms with Crippen molar-refractivity contribution in [2.75, 3.05) is 6.61 Å². The average molecular weight is 202 g/mol. The van der Waals surface area contributed by atoms with Crippen molar-refractivity contribution in [3.05, 3.63) is 27.1 Å². The lowest BCUT2D eigenvalue weighted by Gasteiger charge is -2.05. The van der Waals surface area contributed by atoms with Crippen LogP contribution in [0.2, 0.25) is 0 Å². The van der Waals surface area contributed by atoms with Gasteiger partial charge in [0.15, 0.2) is 0 Å². The molecular weight excluding hydrogens is 192 g/mol. The summed E-state index contributed by atoms with van der Waals surface area (Å²) in [5.74, 6) is 0. The van der Waals surface area contributed by atoms with Gasteiger partial charge in [0.05, 0.1) is 4.92 Å². The van der Waals surface area contributed by atoms with Gasteiger partial charge in [-0.1, -0.05) is 11.3 Å². The molecule has 0 aliphatic rings. The second kappa shape index (κ2) is 4.31. The summed E-state index contributed by atoms with van der Waals surface area (Å²) in [6.45, 7) is -0.00912. The van der Waals surface area contributed by atoms with Crippen molar-refractivity contribution in [1.82, 2.24) is 0 Å². The molecule has 0 aromatic carbocycles. The summed E-state index contributed by atoms with van der Waals surface area (Å²) in [6, 6.07) is 1.14. The fourth-order valence-corrected chi connectivity index (χ4v) is 1.72. The summed E-state index contributed by atoms with van der Waals surface area (Å²) in [6.07, 6.45) is 0.424. The van der Waals surface area contributed by atoms with Crippen LogP contribution < -0.4 is 5.73 Å². The Balaban J connectivity index is 2.73. The summed E-state index contributed by atoms with van der Waals surface area (Å²) in [4.78, 5) is 9.88. The fourth-order valence-electron chi connectivity index (χ4n) is 0.935. The molecular formula is C7H10N2O3S.